The van der Waals surface area contributed by atoms with Crippen molar-refractivity contribution in [1.82, 2.24) is 20.4 Å². The number of fused-ring (bicyclic) bond motifs is 1. The number of rotatable bonds is 4. The third-order valence-electron chi connectivity index (χ3n) is 3.98. The molecule has 2 atom stereocenters. The molecule has 2 unspecified atom stereocenters. The number of nitrogens with zero attached hydrogens (tertiary/aromatic N) is 3. The average molecular weight is 335 g/mol. The summed E-state index contributed by atoms with van der Waals surface area (Å²) in [5.74, 6) is 1.67. The predicted octanol–water partition coefficient (Wildman–Crippen LogP) is 3.23. The number of anilines is 1. The molecule has 1 aliphatic rings. The zero-order valence-electron chi connectivity index (χ0n) is 13.5. The van der Waals surface area contributed by atoms with Crippen LogP contribution < -0.4 is 10.6 Å². The fraction of sp³-hybridized carbons (Fsp3) is 0.600. The Morgan fingerprint density at radius 1 is 1.48 bits per heavy atom. The largest absolute Gasteiger partial charge is 0.340 e. The maximum Gasteiger partial charge on any atom is 0.321 e. The number of carbonyl (C=O) groups is 1. The molecule has 2 aromatic rings. The molecule has 0 saturated heterocycles. The maximum atomic E-state index is 12.2. The average Bonchev–Trinajstić information content (AvgIpc) is 3.10. The number of aromatic nitrogens is 3. The van der Waals surface area contributed by atoms with E-state index in [0.717, 1.165) is 25.0 Å². The van der Waals surface area contributed by atoms with E-state index in [1.807, 2.05) is 6.92 Å². The van der Waals surface area contributed by atoms with Gasteiger partial charge in [0.2, 0.25) is 5.89 Å². The molecular weight excluding hydrogens is 314 g/mol. The molecule has 2 N–H and O–H groups in total. The molecule has 3 rings (SSSR count). The van der Waals surface area contributed by atoms with Gasteiger partial charge in [0, 0.05) is 11.8 Å². The molecule has 2 heterocycles. The third-order valence-corrected chi connectivity index (χ3v) is 5.01. The molecule has 2 amide bonds. The van der Waals surface area contributed by atoms with E-state index in [2.05, 4.69) is 32.7 Å². The van der Waals surface area contributed by atoms with E-state index in [0.29, 0.717) is 29.2 Å². The third kappa shape index (κ3) is 3.69. The highest BCUT2D eigenvalue weighted by molar-refractivity contribution is 7.15. The Labute approximate surface area is 138 Å². The highest BCUT2D eigenvalue weighted by Crippen LogP contribution is 2.32. The highest BCUT2D eigenvalue weighted by Gasteiger charge is 2.22. The molecule has 0 fully saturated rings. The molecule has 1 aliphatic carbocycles. The summed E-state index contributed by atoms with van der Waals surface area (Å²) < 4.78 is 4.97. The van der Waals surface area contributed by atoms with Gasteiger partial charge in [-0.1, -0.05) is 19.0 Å². The second-order valence-electron chi connectivity index (χ2n) is 5.97. The summed E-state index contributed by atoms with van der Waals surface area (Å²) in [4.78, 5) is 22.2. The molecule has 0 spiro atoms. The zero-order valence-corrected chi connectivity index (χ0v) is 14.4. The van der Waals surface area contributed by atoms with Crippen LogP contribution in [0.15, 0.2) is 4.52 Å². The van der Waals surface area contributed by atoms with E-state index >= 15 is 0 Å². The van der Waals surface area contributed by atoms with Gasteiger partial charge < -0.3 is 9.84 Å². The van der Waals surface area contributed by atoms with Crippen molar-refractivity contribution in [3.05, 3.63) is 22.3 Å². The first-order valence-corrected chi connectivity index (χ1v) is 8.73. The van der Waals surface area contributed by atoms with Crippen LogP contribution in [-0.4, -0.2) is 21.2 Å². The fourth-order valence-electron chi connectivity index (χ4n) is 2.69. The predicted molar refractivity (Wildman–Crippen MR) is 87.5 cm³/mol. The fourth-order valence-corrected chi connectivity index (χ4v) is 3.86. The van der Waals surface area contributed by atoms with Gasteiger partial charge in [-0.05, 0) is 31.6 Å². The second-order valence-corrected chi connectivity index (χ2v) is 7.05. The van der Waals surface area contributed by atoms with Gasteiger partial charge in [-0.3, -0.25) is 5.32 Å². The van der Waals surface area contributed by atoms with Crippen LogP contribution in [0.25, 0.3) is 0 Å². The van der Waals surface area contributed by atoms with Gasteiger partial charge >= 0.3 is 6.03 Å². The number of nitrogens with one attached hydrogen (secondary N) is 2. The van der Waals surface area contributed by atoms with Crippen molar-refractivity contribution in [1.29, 1.82) is 0 Å². The van der Waals surface area contributed by atoms with Crippen molar-refractivity contribution in [2.75, 3.05) is 5.32 Å². The lowest BCUT2D eigenvalue weighted by molar-refractivity contribution is 0.247. The first kappa shape index (κ1) is 15.9. The number of aryl methyl sites for hydroxylation is 2. The number of hydrogen-bond donors (Lipinski definition) is 2. The SMILES string of the molecule is CCC(NC(=O)Nc1nc2c(s1)CC(C)CC2)c1noc(C)n1. The number of carbonyl (C=O) groups excluding carboxylic acids is 1. The van der Waals surface area contributed by atoms with Crippen LogP contribution >= 0.6 is 11.3 Å². The molecule has 0 radical (unpaired) electrons. The first-order chi connectivity index (χ1) is 11.0. The van der Waals surface area contributed by atoms with Crippen LogP contribution in [0, 0.1) is 12.8 Å². The van der Waals surface area contributed by atoms with Gasteiger partial charge in [0.1, 0.15) is 0 Å². The summed E-state index contributed by atoms with van der Waals surface area (Å²) >= 11 is 1.57. The van der Waals surface area contributed by atoms with Crippen LogP contribution in [0.2, 0.25) is 0 Å². The van der Waals surface area contributed by atoms with Crippen molar-refractivity contribution >= 4 is 22.5 Å². The monoisotopic (exact) mass is 335 g/mol. The van der Waals surface area contributed by atoms with Crippen molar-refractivity contribution in [3.8, 4) is 0 Å². The lowest BCUT2D eigenvalue weighted by Crippen LogP contribution is -2.32. The maximum absolute atomic E-state index is 12.2. The Bertz CT molecular complexity index is 696. The topological polar surface area (TPSA) is 92.9 Å². The molecule has 0 aliphatic heterocycles. The minimum atomic E-state index is -0.293. The molecular formula is C15H21N5O2S. The van der Waals surface area contributed by atoms with E-state index in [9.17, 15) is 4.79 Å². The zero-order chi connectivity index (χ0) is 16.4. The lowest BCUT2D eigenvalue weighted by atomic mass is 9.93. The van der Waals surface area contributed by atoms with Gasteiger partial charge in [-0.25, -0.2) is 9.78 Å². The van der Waals surface area contributed by atoms with Crippen LogP contribution in [0.3, 0.4) is 0 Å². The van der Waals surface area contributed by atoms with Crippen LogP contribution in [0.4, 0.5) is 9.93 Å². The summed E-state index contributed by atoms with van der Waals surface area (Å²) in [5, 5.41) is 10.2. The molecule has 124 valence electrons. The Balaban J connectivity index is 1.63. The lowest BCUT2D eigenvalue weighted by Gasteiger charge is -2.15. The van der Waals surface area contributed by atoms with E-state index in [4.69, 9.17) is 4.52 Å². The molecule has 23 heavy (non-hydrogen) atoms. The summed E-state index contributed by atoms with van der Waals surface area (Å²) in [6.45, 7) is 5.94. The van der Waals surface area contributed by atoms with E-state index in [1.165, 1.54) is 4.88 Å². The van der Waals surface area contributed by atoms with Crippen LogP contribution in [0.1, 0.15) is 55.0 Å². The highest BCUT2D eigenvalue weighted by atomic mass is 32.1. The van der Waals surface area contributed by atoms with E-state index < -0.39 is 0 Å². The minimum Gasteiger partial charge on any atom is -0.340 e. The number of thiazole rings is 1. The first-order valence-electron chi connectivity index (χ1n) is 7.91. The van der Waals surface area contributed by atoms with Gasteiger partial charge in [-0.15, -0.1) is 11.3 Å². The van der Waals surface area contributed by atoms with Crippen LogP contribution in [0.5, 0.6) is 0 Å². The summed E-state index contributed by atoms with van der Waals surface area (Å²) in [7, 11) is 0. The molecule has 0 saturated carbocycles. The number of amides is 2. The van der Waals surface area contributed by atoms with Gasteiger partial charge in [0.15, 0.2) is 11.0 Å². The Hall–Kier alpha value is -1.96. The molecule has 2 aromatic heterocycles. The second kappa shape index (κ2) is 6.66. The Morgan fingerprint density at radius 2 is 2.30 bits per heavy atom. The van der Waals surface area contributed by atoms with Gasteiger partial charge in [0.05, 0.1) is 11.7 Å². The smallest absolute Gasteiger partial charge is 0.321 e. The van der Waals surface area contributed by atoms with Crippen molar-refractivity contribution in [3.63, 3.8) is 0 Å². The normalized spacial score (nSPS) is 18.3. The Morgan fingerprint density at radius 3 is 3.00 bits per heavy atom. The number of hydrogen-bond acceptors (Lipinski definition) is 6. The summed E-state index contributed by atoms with van der Waals surface area (Å²) in [5.41, 5.74) is 1.13. The van der Waals surface area contributed by atoms with Crippen molar-refractivity contribution in [2.24, 2.45) is 5.92 Å². The van der Waals surface area contributed by atoms with Gasteiger partial charge in [-0.2, -0.15) is 4.98 Å². The summed E-state index contributed by atoms with van der Waals surface area (Å²) in [6, 6.07) is -0.569. The van der Waals surface area contributed by atoms with E-state index in [1.54, 1.807) is 18.3 Å². The van der Waals surface area contributed by atoms with Crippen molar-refractivity contribution in [2.45, 2.75) is 52.5 Å². The quantitative estimate of drug-likeness (QED) is 0.895. The van der Waals surface area contributed by atoms with Crippen molar-refractivity contribution < 1.29 is 9.32 Å². The molecule has 0 aromatic carbocycles. The molecule has 8 heteroatoms. The standard InChI is InChI=1S/C15H21N5O2S/c1-4-10(13-16-9(3)22-20-13)17-14(21)19-15-18-11-6-5-8(2)7-12(11)23-15/h8,10H,4-7H2,1-3H3,(H2,17,18,19,21). The number of urea groups is 1. The van der Waals surface area contributed by atoms with Gasteiger partial charge in [0.25, 0.3) is 0 Å². The minimum absolute atomic E-state index is 0.276. The van der Waals surface area contributed by atoms with Crippen LogP contribution in [-0.2, 0) is 12.8 Å². The summed E-state index contributed by atoms with van der Waals surface area (Å²) in [6.07, 6.45) is 3.89. The molecule has 0 bridgehead atoms. The molecule has 7 nitrogen and oxygen atoms in total. The van der Waals surface area contributed by atoms with E-state index in [-0.39, 0.29) is 12.1 Å². The Kier molecular flexibility index (Phi) is 4.61.